The zero-order chi connectivity index (χ0) is 12.9. The highest BCUT2D eigenvalue weighted by Crippen LogP contribution is 2.01. The molecule has 0 amide bonds. The molecular formula is C6H9N9O2. The number of carbonyl (C=O) groups excluding carboxylic acids is 1. The molecule has 0 heterocycles. The topological polar surface area (TPSA) is 173 Å². The lowest BCUT2D eigenvalue weighted by Gasteiger charge is -2.11. The summed E-state index contributed by atoms with van der Waals surface area (Å²) >= 11 is 0. The van der Waals surface area contributed by atoms with Gasteiger partial charge in [0.2, 0.25) is 0 Å². The van der Waals surface area contributed by atoms with Gasteiger partial charge in [-0.3, -0.25) is 4.79 Å². The molecule has 17 heavy (non-hydrogen) atoms. The molecule has 0 spiro atoms. The standard InChI is InChI=1S/C6H9N9O2/c7-13-10-1-5(2-11-14-8)4-17-6(16)3-12-15-9/h5H,1-4H2. The number of hydrogen-bond donors (Lipinski definition) is 0. The van der Waals surface area contributed by atoms with Crippen molar-refractivity contribution in [3.63, 3.8) is 0 Å². The van der Waals surface area contributed by atoms with Crippen molar-refractivity contribution in [3.05, 3.63) is 31.3 Å². The summed E-state index contributed by atoms with van der Waals surface area (Å²) in [4.78, 5) is 18.4. The number of esters is 1. The SMILES string of the molecule is [N-]=[N+]=NCC(=O)OCC(CN=[N+]=[N-])CN=[N+]=[N-]. The smallest absolute Gasteiger partial charge is 0.311 e. The van der Waals surface area contributed by atoms with Crippen LogP contribution in [-0.2, 0) is 9.53 Å². The van der Waals surface area contributed by atoms with Gasteiger partial charge in [0.05, 0.1) is 6.61 Å². The third kappa shape index (κ3) is 8.40. The van der Waals surface area contributed by atoms with E-state index in [2.05, 4.69) is 30.1 Å². The Bertz CT molecular complexity index is 368. The Morgan fingerprint density at radius 2 is 1.59 bits per heavy atom. The van der Waals surface area contributed by atoms with E-state index in [0.717, 1.165) is 0 Å². The molecule has 0 aliphatic rings. The van der Waals surface area contributed by atoms with Crippen LogP contribution < -0.4 is 0 Å². The Balaban J connectivity index is 4.13. The number of azide groups is 3. The van der Waals surface area contributed by atoms with Gasteiger partial charge in [-0.25, -0.2) is 0 Å². The molecule has 0 N–H and O–H groups in total. The average Bonchev–Trinajstić information content (AvgIpc) is 2.35. The van der Waals surface area contributed by atoms with E-state index in [1.165, 1.54) is 0 Å². The van der Waals surface area contributed by atoms with Crippen LogP contribution in [0.15, 0.2) is 15.3 Å². The average molecular weight is 239 g/mol. The summed E-state index contributed by atoms with van der Waals surface area (Å²) in [5, 5.41) is 9.59. The van der Waals surface area contributed by atoms with E-state index in [1.807, 2.05) is 0 Å². The van der Waals surface area contributed by atoms with Crippen LogP contribution in [0.1, 0.15) is 0 Å². The normalized spacial score (nSPS) is 10.1. The first kappa shape index (κ1) is 14.4. The van der Waals surface area contributed by atoms with Crippen LogP contribution in [-0.4, -0.2) is 32.2 Å². The number of rotatable bonds is 8. The predicted molar refractivity (Wildman–Crippen MR) is 56.5 cm³/mol. The van der Waals surface area contributed by atoms with Crippen LogP contribution in [0.25, 0.3) is 31.3 Å². The summed E-state index contributed by atoms with van der Waals surface area (Å²) < 4.78 is 4.73. The molecule has 0 saturated carbocycles. The van der Waals surface area contributed by atoms with E-state index >= 15 is 0 Å². The van der Waals surface area contributed by atoms with Gasteiger partial charge in [0.1, 0.15) is 6.54 Å². The zero-order valence-electron chi connectivity index (χ0n) is 8.75. The summed E-state index contributed by atoms with van der Waals surface area (Å²) in [5.41, 5.74) is 24.2. The molecule has 0 rings (SSSR count). The number of ether oxygens (including phenoxy) is 1. The van der Waals surface area contributed by atoms with E-state index in [-0.39, 0.29) is 19.7 Å². The minimum Gasteiger partial charge on any atom is -0.465 e. The van der Waals surface area contributed by atoms with E-state index in [1.54, 1.807) is 0 Å². The number of carbonyl (C=O) groups is 1. The van der Waals surface area contributed by atoms with Crippen LogP contribution in [0.3, 0.4) is 0 Å². The molecule has 0 aromatic rings. The second-order valence-corrected chi connectivity index (χ2v) is 2.76. The molecule has 0 saturated heterocycles. The van der Waals surface area contributed by atoms with Crippen molar-refractivity contribution < 1.29 is 9.53 Å². The fraction of sp³-hybridized carbons (Fsp3) is 0.833. The van der Waals surface area contributed by atoms with Crippen LogP contribution in [0.2, 0.25) is 0 Å². The highest BCUT2D eigenvalue weighted by molar-refractivity contribution is 5.71. The largest absolute Gasteiger partial charge is 0.465 e. The van der Waals surface area contributed by atoms with Gasteiger partial charge in [-0.2, -0.15) is 0 Å². The number of hydrogen-bond acceptors (Lipinski definition) is 5. The molecule has 0 radical (unpaired) electrons. The maximum absolute atomic E-state index is 11.0. The number of nitrogens with zero attached hydrogens (tertiary/aromatic N) is 9. The molecule has 0 unspecified atom stereocenters. The van der Waals surface area contributed by atoms with Crippen molar-refractivity contribution in [3.8, 4) is 0 Å². The maximum atomic E-state index is 11.0. The van der Waals surface area contributed by atoms with E-state index in [4.69, 9.17) is 21.3 Å². The summed E-state index contributed by atoms with van der Waals surface area (Å²) in [6, 6.07) is 0. The highest BCUT2D eigenvalue weighted by atomic mass is 16.5. The second-order valence-electron chi connectivity index (χ2n) is 2.76. The third-order valence-electron chi connectivity index (χ3n) is 1.55. The second kappa shape index (κ2) is 9.94. The fourth-order valence-corrected chi connectivity index (χ4v) is 0.813. The Morgan fingerprint density at radius 1 is 1.06 bits per heavy atom. The molecule has 90 valence electrons. The molecule has 0 fully saturated rings. The Labute approximate surface area is 95.2 Å². The van der Waals surface area contributed by atoms with Gasteiger partial charge >= 0.3 is 5.97 Å². The van der Waals surface area contributed by atoms with Gasteiger partial charge in [0, 0.05) is 33.7 Å². The molecule has 0 aliphatic heterocycles. The third-order valence-corrected chi connectivity index (χ3v) is 1.55. The van der Waals surface area contributed by atoms with Crippen molar-refractivity contribution in [1.82, 2.24) is 0 Å². The lowest BCUT2D eigenvalue weighted by molar-refractivity contribution is -0.143. The first-order valence-corrected chi connectivity index (χ1v) is 4.42. The van der Waals surface area contributed by atoms with Crippen molar-refractivity contribution in [2.24, 2.45) is 21.3 Å². The van der Waals surface area contributed by atoms with Crippen molar-refractivity contribution in [2.75, 3.05) is 26.2 Å². The molecule has 0 aliphatic carbocycles. The lowest BCUT2D eigenvalue weighted by atomic mass is 10.2. The van der Waals surface area contributed by atoms with Gasteiger partial charge in [0.25, 0.3) is 0 Å². The molecule has 0 aromatic carbocycles. The molecular weight excluding hydrogens is 230 g/mol. The van der Waals surface area contributed by atoms with Gasteiger partial charge < -0.3 is 4.74 Å². The summed E-state index contributed by atoms with van der Waals surface area (Å²) in [6.45, 7) is -0.390. The molecule has 0 aromatic heterocycles. The lowest BCUT2D eigenvalue weighted by Crippen LogP contribution is -2.20. The van der Waals surface area contributed by atoms with Crippen molar-refractivity contribution in [1.29, 1.82) is 0 Å². The minimum absolute atomic E-state index is 0.0460. The summed E-state index contributed by atoms with van der Waals surface area (Å²) in [7, 11) is 0. The zero-order valence-corrected chi connectivity index (χ0v) is 8.75. The van der Waals surface area contributed by atoms with Gasteiger partial charge in [-0.1, -0.05) is 15.3 Å². The van der Waals surface area contributed by atoms with Crippen LogP contribution >= 0.6 is 0 Å². The van der Waals surface area contributed by atoms with Gasteiger partial charge in [0.15, 0.2) is 0 Å². The molecule has 0 bridgehead atoms. The monoisotopic (exact) mass is 239 g/mol. The fourth-order valence-electron chi connectivity index (χ4n) is 0.813. The molecule has 11 nitrogen and oxygen atoms in total. The first-order valence-electron chi connectivity index (χ1n) is 4.42. The van der Waals surface area contributed by atoms with Crippen LogP contribution in [0, 0.1) is 5.92 Å². The summed E-state index contributed by atoms with van der Waals surface area (Å²) in [6.07, 6.45) is 0. The molecule has 11 heteroatoms. The van der Waals surface area contributed by atoms with Crippen molar-refractivity contribution >= 4 is 5.97 Å². The highest BCUT2D eigenvalue weighted by Gasteiger charge is 2.10. The molecule has 0 atom stereocenters. The Kier molecular flexibility index (Phi) is 8.42. The summed E-state index contributed by atoms with van der Waals surface area (Å²) in [5.74, 6) is -1.09. The van der Waals surface area contributed by atoms with Gasteiger partial charge in [-0.15, -0.1) is 0 Å². The Hall–Kier alpha value is -2.60. The first-order chi connectivity index (χ1) is 8.24. The van der Waals surface area contributed by atoms with Gasteiger partial charge in [-0.05, 0) is 16.6 Å². The van der Waals surface area contributed by atoms with Crippen LogP contribution in [0.5, 0.6) is 0 Å². The van der Waals surface area contributed by atoms with Crippen LogP contribution in [0.4, 0.5) is 0 Å². The Morgan fingerprint density at radius 3 is 2.06 bits per heavy atom. The van der Waals surface area contributed by atoms with E-state index < -0.39 is 18.4 Å². The maximum Gasteiger partial charge on any atom is 0.311 e. The van der Waals surface area contributed by atoms with Crippen molar-refractivity contribution in [2.45, 2.75) is 0 Å². The minimum atomic E-state index is -0.699. The predicted octanol–water partition coefficient (Wildman–Crippen LogP) is 2.08. The quantitative estimate of drug-likeness (QED) is 0.273. The van der Waals surface area contributed by atoms with E-state index in [9.17, 15) is 4.79 Å². The van der Waals surface area contributed by atoms with E-state index in [0.29, 0.717) is 0 Å².